The Morgan fingerprint density at radius 2 is 2.00 bits per heavy atom. The van der Waals surface area contributed by atoms with E-state index in [1.165, 1.54) is 25.7 Å². The molecule has 2 fully saturated rings. The van der Waals surface area contributed by atoms with Crippen LogP contribution in [-0.4, -0.2) is 40.2 Å². The van der Waals surface area contributed by atoms with Crippen molar-refractivity contribution in [3.8, 4) is 0 Å². The molecule has 4 unspecified atom stereocenters. The molecule has 0 saturated carbocycles. The Balaban J connectivity index is 1.74. The van der Waals surface area contributed by atoms with Gasteiger partial charge in [-0.05, 0) is 46.1 Å². The summed E-state index contributed by atoms with van der Waals surface area (Å²) in [4.78, 5) is 7.21. The molecule has 3 rings (SSSR count). The van der Waals surface area contributed by atoms with E-state index in [2.05, 4.69) is 29.0 Å². The maximum Gasteiger partial charge on any atom is 0.231 e. The van der Waals surface area contributed by atoms with E-state index < -0.39 is 0 Å². The van der Waals surface area contributed by atoms with Gasteiger partial charge >= 0.3 is 0 Å². The third kappa shape index (κ3) is 2.37. The summed E-state index contributed by atoms with van der Waals surface area (Å²) in [6.07, 6.45) is 5.92. The maximum absolute atomic E-state index is 6.00. The third-order valence-electron chi connectivity index (χ3n) is 5.31. The molecule has 5 nitrogen and oxygen atoms in total. The van der Waals surface area contributed by atoms with E-state index in [4.69, 9.17) is 10.3 Å². The second-order valence-corrected chi connectivity index (χ2v) is 6.58. The van der Waals surface area contributed by atoms with Crippen LogP contribution in [0, 0.1) is 0 Å². The van der Waals surface area contributed by atoms with Crippen molar-refractivity contribution in [3.63, 3.8) is 0 Å². The summed E-state index contributed by atoms with van der Waals surface area (Å²) in [5.41, 5.74) is 6.00. The van der Waals surface area contributed by atoms with Gasteiger partial charge in [0.15, 0.2) is 5.82 Å². The van der Waals surface area contributed by atoms with Crippen LogP contribution in [0.15, 0.2) is 4.52 Å². The SMILES string of the molecule is CCC(c1nc(C2CC3CCC(C2)N3C)no1)C(C)N. The molecule has 20 heavy (non-hydrogen) atoms. The molecule has 1 aromatic heterocycles. The molecule has 0 aromatic carbocycles. The predicted octanol–water partition coefficient (Wildman–Crippen LogP) is 2.25. The summed E-state index contributed by atoms with van der Waals surface area (Å²) in [6.45, 7) is 4.13. The van der Waals surface area contributed by atoms with E-state index in [-0.39, 0.29) is 12.0 Å². The fourth-order valence-corrected chi connectivity index (χ4v) is 3.96. The Kier molecular flexibility index (Phi) is 3.82. The van der Waals surface area contributed by atoms with Crippen LogP contribution in [-0.2, 0) is 0 Å². The first-order chi connectivity index (χ1) is 9.60. The highest BCUT2D eigenvalue weighted by Gasteiger charge is 2.40. The molecule has 0 radical (unpaired) electrons. The highest BCUT2D eigenvalue weighted by molar-refractivity contribution is 5.07. The second-order valence-electron chi connectivity index (χ2n) is 6.58. The maximum atomic E-state index is 6.00. The van der Waals surface area contributed by atoms with Crippen molar-refractivity contribution in [2.75, 3.05) is 7.05 Å². The molecule has 2 N–H and O–H groups in total. The number of nitrogens with two attached hydrogens (primary N) is 1. The topological polar surface area (TPSA) is 68.2 Å². The molecule has 0 spiro atoms. The minimum atomic E-state index is 0.0574. The van der Waals surface area contributed by atoms with Crippen LogP contribution < -0.4 is 5.73 Å². The molecular weight excluding hydrogens is 252 g/mol. The highest BCUT2D eigenvalue weighted by atomic mass is 16.5. The average Bonchev–Trinajstić information content (AvgIpc) is 2.93. The minimum absolute atomic E-state index is 0.0574. The number of nitrogens with zero attached hydrogens (tertiary/aromatic N) is 3. The van der Waals surface area contributed by atoms with Gasteiger partial charge in [-0.3, -0.25) is 0 Å². The summed E-state index contributed by atoms with van der Waals surface area (Å²) < 4.78 is 5.50. The second kappa shape index (κ2) is 5.45. The van der Waals surface area contributed by atoms with Gasteiger partial charge in [-0.2, -0.15) is 4.98 Å². The first kappa shape index (κ1) is 14.0. The lowest BCUT2D eigenvalue weighted by atomic mass is 9.90. The number of aromatic nitrogens is 2. The van der Waals surface area contributed by atoms with Crippen LogP contribution in [0.25, 0.3) is 0 Å². The normalized spacial score (nSPS) is 33.3. The van der Waals surface area contributed by atoms with E-state index in [0.717, 1.165) is 18.1 Å². The van der Waals surface area contributed by atoms with Crippen LogP contribution >= 0.6 is 0 Å². The first-order valence-electron chi connectivity index (χ1n) is 7.91. The van der Waals surface area contributed by atoms with Crippen molar-refractivity contribution in [2.45, 2.75) is 75.9 Å². The van der Waals surface area contributed by atoms with Gasteiger partial charge in [-0.25, -0.2) is 0 Å². The van der Waals surface area contributed by atoms with Crippen LogP contribution in [0.1, 0.15) is 69.5 Å². The van der Waals surface area contributed by atoms with Crippen LogP contribution in [0.2, 0.25) is 0 Å². The van der Waals surface area contributed by atoms with E-state index in [9.17, 15) is 0 Å². The molecule has 2 aliphatic heterocycles. The van der Waals surface area contributed by atoms with Crippen molar-refractivity contribution < 1.29 is 4.52 Å². The van der Waals surface area contributed by atoms with E-state index >= 15 is 0 Å². The number of hydrogen-bond donors (Lipinski definition) is 1. The van der Waals surface area contributed by atoms with Crippen molar-refractivity contribution in [2.24, 2.45) is 5.73 Å². The van der Waals surface area contributed by atoms with Crippen LogP contribution in [0.5, 0.6) is 0 Å². The van der Waals surface area contributed by atoms with Gasteiger partial charge in [0.05, 0.1) is 5.92 Å². The molecule has 0 aliphatic carbocycles. The Morgan fingerprint density at radius 3 is 2.55 bits per heavy atom. The van der Waals surface area contributed by atoms with Crippen molar-refractivity contribution in [1.82, 2.24) is 15.0 Å². The van der Waals surface area contributed by atoms with Crippen molar-refractivity contribution >= 4 is 0 Å². The lowest BCUT2D eigenvalue weighted by molar-refractivity contribution is 0.157. The molecule has 3 heterocycles. The zero-order valence-electron chi connectivity index (χ0n) is 12.7. The Hall–Kier alpha value is -0.940. The Labute approximate surface area is 120 Å². The Morgan fingerprint density at radius 1 is 1.35 bits per heavy atom. The van der Waals surface area contributed by atoms with Gasteiger partial charge in [0.2, 0.25) is 5.89 Å². The van der Waals surface area contributed by atoms with Gasteiger partial charge in [-0.1, -0.05) is 12.1 Å². The van der Waals surface area contributed by atoms with Gasteiger partial charge in [0.1, 0.15) is 0 Å². The fourth-order valence-electron chi connectivity index (χ4n) is 3.96. The molecule has 2 bridgehead atoms. The summed E-state index contributed by atoms with van der Waals surface area (Å²) in [7, 11) is 2.25. The largest absolute Gasteiger partial charge is 0.339 e. The zero-order chi connectivity index (χ0) is 14.3. The molecule has 2 aliphatic rings. The number of rotatable bonds is 4. The molecule has 0 amide bonds. The van der Waals surface area contributed by atoms with Gasteiger partial charge < -0.3 is 15.2 Å². The molecule has 2 saturated heterocycles. The summed E-state index contributed by atoms with van der Waals surface area (Å²) in [5, 5.41) is 4.25. The quantitative estimate of drug-likeness (QED) is 0.915. The van der Waals surface area contributed by atoms with Gasteiger partial charge in [0, 0.05) is 24.0 Å². The Bertz CT molecular complexity index is 444. The average molecular weight is 278 g/mol. The monoisotopic (exact) mass is 278 g/mol. The molecule has 112 valence electrons. The standard InChI is InChI=1S/C15H26N4O/c1-4-13(9(2)16)15-17-14(18-20-15)10-7-11-5-6-12(8-10)19(11)3/h9-13H,4-8,16H2,1-3H3. The summed E-state index contributed by atoms with van der Waals surface area (Å²) in [6, 6.07) is 1.47. The van der Waals surface area contributed by atoms with E-state index in [1.54, 1.807) is 0 Å². The smallest absolute Gasteiger partial charge is 0.231 e. The fraction of sp³-hybridized carbons (Fsp3) is 0.867. The molecule has 4 atom stereocenters. The predicted molar refractivity (Wildman–Crippen MR) is 77.5 cm³/mol. The van der Waals surface area contributed by atoms with Crippen molar-refractivity contribution in [3.05, 3.63) is 11.7 Å². The number of hydrogen-bond acceptors (Lipinski definition) is 5. The molecule has 1 aromatic rings. The lowest BCUT2D eigenvalue weighted by Crippen LogP contribution is -2.39. The molecule has 5 heteroatoms. The molecular formula is C15H26N4O. The van der Waals surface area contributed by atoms with Gasteiger partial charge in [-0.15, -0.1) is 0 Å². The summed E-state index contributed by atoms with van der Waals surface area (Å²) >= 11 is 0. The number of fused-ring (bicyclic) bond motifs is 2. The number of piperidine rings is 1. The van der Waals surface area contributed by atoms with Crippen LogP contribution in [0.4, 0.5) is 0 Å². The summed E-state index contributed by atoms with van der Waals surface area (Å²) in [5.74, 6) is 2.28. The highest BCUT2D eigenvalue weighted by Crippen LogP contribution is 2.41. The van der Waals surface area contributed by atoms with E-state index in [0.29, 0.717) is 18.0 Å². The third-order valence-corrected chi connectivity index (χ3v) is 5.31. The minimum Gasteiger partial charge on any atom is -0.339 e. The zero-order valence-corrected chi connectivity index (χ0v) is 12.7. The van der Waals surface area contributed by atoms with Crippen molar-refractivity contribution in [1.29, 1.82) is 0 Å². The van der Waals surface area contributed by atoms with E-state index in [1.807, 2.05) is 6.92 Å². The lowest BCUT2D eigenvalue weighted by Gasteiger charge is -2.34. The first-order valence-corrected chi connectivity index (χ1v) is 7.91. The van der Waals surface area contributed by atoms with Crippen LogP contribution in [0.3, 0.4) is 0 Å². The van der Waals surface area contributed by atoms with Gasteiger partial charge in [0.25, 0.3) is 0 Å².